The number of amides is 2. The Bertz CT molecular complexity index is 1040. The van der Waals surface area contributed by atoms with Crippen LogP contribution in [0.4, 0.5) is 10.5 Å². The van der Waals surface area contributed by atoms with E-state index in [0.29, 0.717) is 11.3 Å². The maximum atomic E-state index is 13.3. The molecule has 2 amide bonds. The van der Waals surface area contributed by atoms with Crippen LogP contribution in [0.3, 0.4) is 0 Å². The van der Waals surface area contributed by atoms with Gasteiger partial charge in [0.15, 0.2) is 0 Å². The molecule has 6 nitrogen and oxygen atoms in total. The van der Waals surface area contributed by atoms with E-state index in [1.54, 1.807) is 82.3 Å². The molecule has 0 saturated heterocycles. The quantitative estimate of drug-likeness (QED) is 0.646. The molecule has 0 fully saturated rings. The summed E-state index contributed by atoms with van der Waals surface area (Å²) in [5.41, 5.74) is -0.803. The van der Waals surface area contributed by atoms with E-state index in [4.69, 9.17) is 4.74 Å². The van der Waals surface area contributed by atoms with Gasteiger partial charge in [0.25, 0.3) is 0 Å². The second-order valence-electron chi connectivity index (χ2n) is 8.35. The van der Waals surface area contributed by atoms with Crippen molar-refractivity contribution in [3.63, 3.8) is 0 Å². The average molecular weight is 462 g/mol. The Hall–Kier alpha value is -2.50. The molecule has 0 aromatic heterocycles. The van der Waals surface area contributed by atoms with Crippen molar-refractivity contribution in [3.8, 4) is 0 Å². The van der Waals surface area contributed by atoms with Crippen molar-refractivity contribution < 1.29 is 22.0 Å². The average Bonchev–Trinajstić information content (AvgIpc) is 2.88. The second kappa shape index (κ2) is 7.39. The number of benzene rings is 2. The third-order valence-electron chi connectivity index (χ3n) is 4.96. The Morgan fingerprint density at radius 3 is 2.24 bits per heavy atom. The number of nitrogens with zero attached hydrogens (tertiary/aromatic N) is 1. The molecule has 29 heavy (non-hydrogen) atoms. The topological polar surface area (TPSA) is 80.8 Å². The zero-order chi connectivity index (χ0) is 21.4. The molecule has 0 aliphatic carbocycles. The molecule has 0 spiro atoms. The number of para-hydroxylation sites is 1. The summed E-state index contributed by atoms with van der Waals surface area (Å²) in [6.45, 7) is 6.88. The molecule has 0 saturated carbocycles. The zero-order valence-electron chi connectivity index (χ0n) is 17.0. The minimum atomic E-state index is -4.42. The molecule has 0 radical (unpaired) electrons. The molecule has 7 heteroatoms. The Balaban J connectivity index is 1.93. The summed E-state index contributed by atoms with van der Waals surface area (Å²) in [6, 6.07) is 15.2. The van der Waals surface area contributed by atoms with Gasteiger partial charge in [0.1, 0.15) is 0 Å². The molecule has 2 aromatic carbocycles. The predicted octanol–water partition coefficient (Wildman–Crippen LogP) is 3.83. The van der Waals surface area contributed by atoms with Crippen molar-refractivity contribution in [2.75, 3.05) is 4.90 Å². The number of anilines is 1. The second-order valence-corrected chi connectivity index (χ2v) is 12.8. The van der Waals surface area contributed by atoms with Crippen LogP contribution in [0.2, 0.25) is 5.32 Å². The van der Waals surface area contributed by atoms with E-state index in [1.165, 1.54) is 0 Å². The molecule has 3 rings (SSSR count). The third kappa shape index (κ3) is 4.11. The first kappa shape index (κ1) is 21.2. The van der Waals surface area contributed by atoms with E-state index in [9.17, 15) is 17.3 Å². The van der Waals surface area contributed by atoms with Crippen molar-refractivity contribution in [2.45, 2.75) is 50.5 Å². The predicted molar refractivity (Wildman–Crippen MR) is 110 cm³/mol. The number of carbonyl (C=O) groups excluding carboxylic acids is 2. The number of carbonyl (C=O) groups is 2. The maximum absolute atomic E-state index is 13.3. The van der Waals surface area contributed by atoms with Crippen LogP contribution < -0.4 is 9.36 Å². The van der Waals surface area contributed by atoms with Crippen LogP contribution >= 0.6 is 0 Å². The van der Waals surface area contributed by atoms with Crippen LogP contribution in [0, 0.1) is 0 Å². The molecule has 154 valence electrons. The molecule has 0 bridgehead atoms. The first-order valence-corrected chi connectivity index (χ1v) is 12.9. The summed E-state index contributed by atoms with van der Waals surface area (Å²) in [5.74, 6) is -0.464. The fraction of sp³-hybridized carbons (Fsp3) is 0.364. The fourth-order valence-corrected chi connectivity index (χ4v) is 6.54. The summed E-state index contributed by atoms with van der Waals surface area (Å²) in [5, 5.41) is -0.140. The summed E-state index contributed by atoms with van der Waals surface area (Å²) in [6.07, 6.45) is -0.666. The van der Waals surface area contributed by atoms with Crippen molar-refractivity contribution in [1.29, 1.82) is 0 Å². The SMILES string of the molecule is CC(C)(C)OC(=O)N1C(=O)[C@](C)(CC[Se](=O)(=O)c2ccccc2)c2ccccc21. The molecule has 1 atom stereocenters. The van der Waals surface area contributed by atoms with Gasteiger partial charge < -0.3 is 0 Å². The van der Waals surface area contributed by atoms with Crippen LogP contribution in [0.25, 0.3) is 0 Å². The first-order chi connectivity index (χ1) is 13.5. The van der Waals surface area contributed by atoms with Gasteiger partial charge in [0, 0.05) is 0 Å². The van der Waals surface area contributed by atoms with Gasteiger partial charge in [-0.15, -0.1) is 0 Å². The number of fused-ring (bicyclic) bond motifs is 1. The minimum absolute atomic E-state index is 0.0873. The van der Waals surface area contributed by atoms with Gasteiger partial charge in [0.2, 0.25) is 0 Å². The number of hydrogen-bond donors (Lipinski definition) is 0. The van der Waals surface area contributed by atoms with Crippen molar-refractivity contribution in [3.05, 3.63) is 60.2 Å². The molecule has 0 N–H and O–H groups in total. The molecule has 0 unspecified atom stereocenters. The molecule has 1 aliphatic heterocycles. The van der Waals surface area contributed by atoms with Crippen LogP contribution in [-0.2, 0) is 22.6 Å². The monoisotopic (exact) mass is 463 g/mol. The fourth-order valence-electron chi connectivity index (χ4n) is 3.42. The van der Waals surface area contributed by atoms with Crippen molar-refractivity contribution in [2.24, 2.45) is 0 Å². The summed E-state index contributed by atoms with van der Waals surface area (Å²) < 4.78 is 31.3. The van der Waals surface area contributed by atoms with Gasteiger partial charge in [-0.1, -0.05) is 0 Å². The molecule has 1 aliphatic rings. The molecule has 1 heterocycles. The van der Waals surface area contributed by atoms with Crippen molar-refractivity contribution >= 4 is 34.9 Å². The van der Waals surface area contributed by atoms with Gasteiger partial charge in [-0.05, 0) is 0 Å². The van der Waals surface area contributed by atoms with E-state index in [2.05, 4.69) is 0 Å². The number of hydrogen-bond acceptors (Lipinski definition) is 5. The van der Waals surface area contributed by atoms with Gasteiger partial charge in [-0.2, -0.15) is 0 Å². The van der Waals surface area contributed by atoms with E-state index in [0.717, 1.165) is 4.90 Å². The summed E-state index contributed by atoms with van der Waals surface area (Å²) in [4.78, 5) is 27.0. The number of rotatable bonds is 4. The summed E-state index contributed by atoms with van der Waals surface area (Å²) in [7, 11) is 0. The van der Waals surface area contributed by atoms with E-state index < -0.39 is 35.7 Å². The molecular weight excluding hydrogens is 437 g/mol. The Kier molecular flexibility index (Phi) is 5.41. The van der Waals surface area contributed by atoms with Gasteiger partial charge in [0.05, 0.1) is 0 Å². The van der Waals surface area contributed by atoms with Gasteiger partial charge in [-0.3, -0.25) is 0 Å². The summed E-state index contributed by atoms with van der Waals surface area (Å²) >= 11 is -4.42. The Morgan fingerprint density at radius 1 is 1.03 bits per heavy atom. The van der Waals surface area contributed by atoms with Crippen LogP contribution in [-0.4, -0.2) is 30.3 Å². The van der Waals surface area contributed by atoms with Crippen molar-refractivity contribution in [1.82, 2.24) is 0 Å². The van der Waals surface area contributed by atoms with Gasteiger partial charge in [-0.25, -0.2) is 0 Å². The van der Waals surface area contributed by atoms with Crippen LogP contribution in [0.5, 0.6) is 0 Å². The molecule has 2 aromatic rings. The van der Waals surface area contributed by atoms with E-state index in [-0.39, 0.29) is 16.2 Å². The zero-order valence-corrected chi connectivity index (χ0v) is 18.7. The first-order valence-electron chi connectivity index (χ1n) is 9.41. The van der Waals surface area contributed by atoms with Crippen LogP contribution in [0.1, 0.15) is 39.7 Å². The number of ether oxygens (including phenoxy) is 1. The third-order valence-corrected chi connectivity index (χ3v) is 8.60. The van der Waals surface area contributed by atoms with E-state index in [1.807, 2.05) is 0 Å². The van der Waals surface area contributed by atoms with E-state index >= 15 is 0 Å². The molecular formula is C22H25NO5Se. The van der Waals surface area contributed by atoms with Crippen LogP contribution in [0.15, 0.2) is 54.6 Å². The Morgan fingerprint density at radius 2 is 1.62 bits per heavy atom. The standard InChI is InChI=1S/C22H25NO5Se/c1-21(2,3)28-20(25)23-18-13-9-8-12-17(18)22(4,19(23)24)14-15-29(26,27)16-10-6-5-7-11-16/h5-13H,14-15H2,1-4H3/t22-/m1/s1. The number of imide groups is 1. The Labute approximate surface area is 172 Å². The van der Waals surface area contributed by atoms with Gasteiger partial charge >= 0.3 is 172 Å². The normalized spacial score (nSPS) is 19.2.